The second-order valence-electron chi connectivity index (χ2n) is 4.15. The Hall–Kier alpha value is -2.91. The Labute approximate surface area is 112 Å². The molecule has 0 amide bonds. The summed E-state index contributed by atoms with van der Waals surface area (Å²) >= 11 is 0. The number of nitrogens with one attached hydrogen (secondary N) is 1. The summed E-state index contributed by atoms with van der Waals surface area (Å²) in [5.41, 5.74) is 10.1. The first-order valence-corrected chi connectivity index (χ1v) is 5.70. The van der Waals surface area contributed by atoms with Crippen molar-refractivity contribution in [2.24, 2.45) is 30.7 Å². The van der Waals surface area contributed by atoms with Crippen molar-refractivity contribution in [3.05, 3.63) is 27.2 Å². The third-order valence-electron chi connectivity index (χ3n) is 2.76. The number of hydrazone groups is 1. The first kappa shape index (κ1) is 13.5. The lowest BCUT2D eigenvalue weighted by Gasteiger charge is -2.04. The molecule has 0 saturated carbocycles. The van der Waals surface area contributed by atoms with E-state index < -0.39 is 11.2 Å². The molecule has 0 unspecified atom stereocenters. The van der Waals surface area contributed by atoms with E-state index in [-0.39, 0.29) is 12.5 Å². The Kier molecular flexibility index (Phi) is 3.37. The van der Waals surface area contributed by atoms with Gasteiger partial charge in [0.1, 0.15) is 6.54 Å². The molecule has 0 fully saturated rings. The lowest BCUT2D eigenvalue weighted by Crippen LogP contribution is -2.64. The number of rotatable bonds is 3. The van der Waals surface area contributed by atoms with Gasteiger partial charge in [0, 0.05) is 19.2 Å². The SMILES string of the molecule is Cn1cnc2c1c(=O)n(C/C=[NH+]\N=C(N)N)c(=O)n2C. The van der Waals surface area contributed by atoms with Crippen LogP contribution in [0.25, 0.3) is 11.2 Å². The van der Waals surface area contributed by atoms with Crippen LogP contribution in [0.4, 0.5) is 0 Å². The fourth-order valence-electron chi connectivity index (χ4n) is 1.81. The van der Waals surface area contributed by atoms with Gasteiger partial charge in [0.15, 0.2) is 17.4 Å². The second-order valence-corrected chi connectivity index (χ2v) is 4.15. The summed E-state index contributed by atoms with van der Waals surface area (Å²) in [6.45, 7) is 0.0173. The minimum absolute atomic E-state index is 0.0173. The monoisotopic (exact) mass is 279 g/mol. The van der Waals surface area contributed by atoms with Crippen LogP contribution in [-0.4, -0.2) is 30.9 Å². The van der Waals surface area contributed by atoms with Gasteiger partial charge >= 0.3 is 5.69 Å². The lowest BCUT2D eigenvalue weighted by atomic mass is 10.5. The molecular formula is C10H15N8O2+. The van der Waals surface area contributed by atoms with Gasteiger partial charge in [-0.25, -0.2) is 14.3 Å². The summed E-state index contributed by atoms with van der Waals surface area (Å²) in [5.74, 6) is -0.149. The second kappa shape index (κ2) is 4.99. The lowest BCUT2D eigenvalue weighted by molar-refractivity contribution is -0.458. The molecule has 2 heterocycles. The fourth-order valence-corrected chi connectivity index (χ4v) is 1.81. The standard InChI is InChI=1S/C10H14N8O2/c1-16-5-13-7-6(16)8(19)18(10(20)17(7)2)4-3-14-15-9(11)12/h3,5H,4H2,1-2H3,(H4,11,12,15)/p+1/b14-3-. The van der Waals surface area contributed by atoms with Gasteiger partial charge in [-0.1, -0.05) is 0 Å². The summed E-state index contributed by atoms with van der Waals surface area (Å²) < 4.78 is 3.93. The number of nitrogens with two attached hydrogens (primary N) is 2. The van der Waals surface area contributed by atoms with Crippen LogP contribution >= 0.6 is 0 Å². The van der Waals surface area contributed by atoms with Crippen LogP contribution in [0.1, 0.15) is 0 Å². The number of aromatic nitrogens is 4. The Bertz CT molecular complexity index is 818. The maximum Gasteiger partial charge on any atom is 0.332 e. The van der Waals surface area contributed by atoms with Gasteiger partial charge < -0.3 is 16.0 Å². The van der Waals surface area contributed by atoms with Crippen molar-refractivity contribution >= 4 is 23.3 Å². The van der Waals surface area contributed by atoms with Crippen molar-refractivity contribution < 1.29 is 5.10 Å². The first-order chi connectivity index (χ1) is 9.43. The Morgan fingerprint density at radius 3 is 2.80 bits per heavy atom. The largest absolute Gasteiger partial charge is 0.365 e. The number of hydrogen-bond donors (Lipinski definition) is 3. The van der Waals surface area contributed by atoms with E-state index in [0.29, 0.717) is 11.2 Å². The molecule has 0 aliphatic heterocycles. The predicted molar refractivity (Wildman–Crippen MR) is 73.1 cm³/mol. The fraction of sp³-hybridized carbons (Fsp3) is 0.300. The maximum absolute atomic E-state index is 12.3. The van der Waals surface area contributed by atoms with Crippen molar-refractivity contribution in [3.63, 3.8) is 0 Å². The van der Waals surface area contributed by atoms with E-state index in [9.17, 15) is 9.59 Å². The molecule has 0 aliphatic rings. The van der Waals surface area contributed by atoms with E-state index in [1.807, 2.05) is 0 Å². The highest BCUT2D eigenvalue weighted by Crippen LogP contribution is 2.02. The molecule has 2 aromatic rings. The smallest absolute Gasteiger partial charge is 0.332 e. The number of aryl methyl sites for hydroxylation is 2. The van der Waals surface area contributed by atoms with Gasteiger partial charge in [-0.2, -0.15) is 0 Å². The number of nitrogens with zero attached hydrogens (tertiary/aromatic N) is 5. The van der Waals surface area contributed by atoms with Crippen molar-refractivity contribution in [2.75, 3.05) is 0 Å². The molecule has 0 saturated heterocycles. The molecule has 20 heavy (non-hydrogen) atoms. The molecule has 0 aliphatic carbocycles. The Morgan fingerprint density at radius 1 is 1.45 bits per heavy atom. The highest BCUT2D eigenvalue weighted by Gasteiger charge is 2.14. The van der Waals surface area contributed by atoms with Crippen molar-refractivity contribution in [3.8, 4) is 0 Å². The number of fused-ring (bicyclic) bond motifs is 1. The van der Waals surface area contributed by atoms with Crippen LogP contribution in [0.15, 0.2) is 21.0 Å². The van der Waals surface area contributed by atoms with Gasteiger partial charge in [0.05, 0.1) is 6.33 Å². The Morgan fingerprint density at radius 2 is 2.15 bits per heavy atom. The van der Waals surface area contributed by atoms with Gasteiger partial charge in [-0.15, -0.1) is 5.10 Å². The molecule has 0 aromatic carbocycles. The molecule has 10 heteroatoms. The number of imidazole rings is 1. The van der Waals surface area contributed by atoms with E-state index in [2.05, 4.69) is 15.2 Å². The first-order valence-electron chi connectivity index (χ1n) is 5.70. The average molecular weight is 279 g/mol. The van der Waals surface area contributed by atoms with Crippen molar-refractivity contribution in [1.82, 2.24) is 18.7 Å². The van der Waals surface area contributed by atoms with Crippen LogP contribution in [0.5, 0.6) is 0 Å². The molecular weight excluding hydrogens is 264 g/mol. The summed E-state index contributed by atoms with van der Waals surface area (Å²) in [4.78, 5) is 28.4. The zero-order chi connectivity index (χ0) is 14.9. The van der Waals surface area contributed by atoms with Crippen LogP contribution in [0.3, 0.4) is 0 Å². The number of hydrogen-bond acceptors (Lipinski definition) is 4. The summed E-state index contributed by atoms with van der Waals surface area (Å²) in [5, 5.41) is 5.96. The quantitative estimate of drug-likeness (QED) is 0.297. The topological polar surface area (TPSA) is 140 Å². The average Bonchev–Trinajstić information content (AvgIpc) is 2.77. The summed E-state index contributed by atoms with van der Waals surface area (Å²) in [6, 6.07) is 0. The molecule has 2 rings (SSSR count). The molecule has 0 bridgehead atoms. The van der Waals surface area contributed by atoms with E-state index in [0.717, 1.165) is 4.57 Å². The van der Waals surface area contributed by atoms with Crippen LogP contribution in [0, 0.1) is 0 Å². The van der Waals surface area contributed by atoms with Crippen LogP contribution in [0.2, 0.25) is 0 Å². The maximum atomic E-state index is 12.3. The number of guanidine groups is 1. The molecule has 2 aromatic heterocycles. The Balaban J connectivity index is 2.57. The molecule has 106 valence electrons. The predicted octanol–water partition coefficient (Wildman–Crippen LogP) is -4.23. The van der Waals surface area contributed by atoms with Crippen LogP contribution in [-0.2, 0) is 20.6 Å². The minimum Gasteiger partial charge on any atom is -0.365 e. The van der Waals surface area contributed by atoms with E-state index in [1.54, 1.807) is 18.7 Å². The molecule has 10 nitrogen and oxygen atoms in total. The van der Waals surface area contributed by atoms with Crippen molar-refractivity contribution in [1.29, 1.82) is 0 Å². The zero-order valence-electron chi connectivity index (χ0n) is 11.1. The van der Waals surface area contributed by atoms with Gasteiger partial charge in [-0.3, -0.25) is 9.36 Å². The molecule has 5 N–H and O–H groups in total. The highest BCUT2D eigenvalue weighted by atomic mass is 16.2. The summed E-state index contributed by atoms with van der Waals surface area (Å²) in [6.07, 6.45) is 2.88. The van der Waals surface area contributed by atoms with E-state index in [4.69, 9.17) is 11.5 Å². The summed E-state index contributed by atoms with van der Waals surface area (Å²) in [7, 11) is 3.24. The zero-order valence-corrected chi connectivity index (χ0v) is 11.1. The van der Waals surface area contributed by atoms with Crippen LogP contribution < -0.4 is 27.8 Å². The minimum atomic E-state index is -0.469. The molecule has 0 atom stereocenters. The van der Waals surface area contributed by atoms with Crippen molar-refractivity contribution in [2.45, 2.75) is 6.54 Å². The van der Waals surface area contributed by atoms with Gasteiger partial charge in [-0.05, 0) is 0 Å². The molecule has 0 radical (unpaired) electrons. The molecule has 0 spiro atoms. The van der Waals surface area contributed by atoms with E-state index >= 15 is 0 Å². The van der Waals surface area contributed by atoms with E-state index in [1.165, 1.54) is 17.1 Å². The third-order valence-corrected chi connectivity index (χ3v) is 2.76. The highest BCUT2D eigenvalue weighted by molar-refractivity contribution is 5.75. The third kappa shape index (κ3) is 2.18. The van der Waals surface area contributed by atoms with Gasteiger partial charge in [0.25, 0.3) is 11.5 Å². The normalized spacial score (nSPS) is 11.3. The van der Waals surface area contributed by atoms with Gasteiger partial charge in [0.2, 0.25) is 0 Å².